The van der Waals surface area contributed by atoms with E-state index in [1.165, 1.54) is 38.5 Å². The van der Waals surface area contributed by atoms with Crippen LogP contribution in [0.2, 0.25) is 10.0 Å². The van der Waals surface area contributed by atoms with Gasteiger partial charge in [0.1, 0.15) is 0 Å². The maximum atomic E-state index is 12.5. The lowest BCUT2D eigenvalue weighted by Crippen LogP contribution is -2.48. The van der Waals surface area contributed by atoms with E-state index < -0.39 is 0 Å². The molecule has 0 atom stereocenters. The Balaban J connectivity index is 1.22. The molecular formula is C21H26Cl2N2O2. The molecule has 0 unspecified atom stereocenters. The molecule has 0 spiro atoms. The molecule has 0 aliphatic heterocycles. The van der Waals surface area contributed by atoms with Gasteiger partial charge in [-0.25, -0.2) is 0 Å². The van der Waals surface area contributed by atoms with Crippen molar-refractivity contribution in [2.24, 2.45) is 23.2 Å². The summed E-state index contributed by atoms with van der Waals surface area (Å²) < 4.78 is 0. The topological polar surface area (TPSA) is 58.2 Å². The lowest BCUT2D eigenvalue weighted by Gasteiger charge is -2.56. The van der Waals surface area contributed by atoms with E-state index in [4.69, 9.17) is 23.2 Å². The zero-order valence-corrected chi connectivity index (χ0v) is 16.9. The first-order valence-electron chi connectivity index (χ1n) is 9.92. The summed E-state index contributed by atoms with van der Waals surface area (Å²) in [5, 5.41) is 6.59. The second-order valence-electron chi connectivity index (χ2n) is 8.82. The number of nitrogens with one attached hydrogen (secondary N) is 2. The van der Waals surface area contributed by atoms with Crippen LogP contribution in [0.1, 0.15) is 55.3 Å². The maximum Gasteiger partial charge on any atom is 0.252 e. The zero-order chi connectivity index (χ0) is 19.0. The smallest absolute Gasteiger partial charge is 0.252 e. The van der Waals surface area contributed by atoms with E-state index in [-0.39, 0.29) is 17.2 Å². The van der Waals surface area contributed by atoms with Gasteiger partial charge in [0.05, 0.1) is 10.6 Å². The molecule has 4 bridgehead atoms. The molecule has 4 fully saturated rings. The number of halogens is 2. The number of carbonyl (C=O) groups is 2. The minimum absolute atomic E-state index is 0.121. The number of carbonyl (C=O) groups excluding carboxylic acids is 2. The third-order valence-electron chi connectivity index (χ3n) is 6.61. The van der Waals surface area contributed by atoms with E-state index in [0.29, 0.717) is 35.1 Å². The van der Waals surface area contributed by atoms with Crippen LogP contribution in [0.5, 0.6) is 0 Å². The molecule has 4 saturated carbocycles. The highest BCUT2D eigenvalue weighted by molar-refractivity contribution is 6.36. The van der Waals surface area contributed by atoms with Gasteiger partial charge < -0.3 is 10.6 Å². The Bertz CT molecular complexity index is 714. The average molecular weight is 409 g/mol. The van der Waals surface area contributed by atoms with Gasteiger partial charge in [-0.1, -0.05) is 23.2 Å². The van der Waals surface area contributed by atoms with Crippen LogP contribution in [0.3, 0.4) is 0 Å². The molecule has 4 aliphatic carbocycles. The molecule has 5 rings (SSSR count). The van der Waals surface area contributed by atoms with Gasteiger partial charge in [-0.05, 0) is 79.9 Å². The normalized spacial score (nSPS) is 31.0. The van der Waals surface area contributed by atoms with Crippen LogP contribution in [0.25, 0.3) is 0 Å². The molecule has 1 aromatic carbocycles. The van der Waals surface area contributed by atoms with E-state index in [1.54, 1.807) is 18.2 Å². The van der Waals surface area contributed by atoms with Gasteiger partial charge in [0.25, 0.3) is 5.91 Å². The highest BCUT2D eigenvalue weighted by Crippen LogP contribution is 2.61. The fourth-order valence-corrected chi connectivity index (χ4v) is 6.55. The van der Waals surface area contributed by atoms with Gasteiger partial charge in [-0.2, -0.15) is 0 Å². The monoisotopic (exact) mass is 408 g/mol. The third kappa shape index (κ3) is 4.27. The van der Waals surface area contributed by atoms with Gasteiger partial charge in [-0.15, -0.1) is 0 Å². The molecule has 2 amide bonds. The molecule has 4 aliphatic rings. The Kier molecular flexibility index (Phi) is 5.39. The molecule has 2 N–H and O–H groups in total. The fourth-order valence-electron chi connectivity index (χ4n) is 6.06. The summed E-state index contributed by atoms with van der Waals surface area (Å²) in [6.07, 6.45) is 8.52. The van der Waals surface area contributed by atoms with E-state index in [2.05, 4.69) is 10.6 Å². The Hall–Kier alpha value is -1.26. The van der Waals surface area contributed by atoms with Crippen LogP contribution in [0.15, 0.2) is 18.2 Å². The SMILES string of the molecule is O=C(CC12CC3CC(CC(C3)C1)C2)NCCNC(=O)c1ccc(Cl)cc1Cl. The average Bonchev–Trinajstić information content (AvgIpc) is 2.56. The molecule has 6 heteroatoms. The molecule has 0 saturated heterocycles. The largest absolute Gasteiger partial charge is 0.354 e. The maximum absolute atomic E-state index is 12.5. The van der Waals surface area contributed by atoms with E-state index in [1.807, 2.05) is 0 Å². The molecule has 0 heterocycles. The van der Waals surface area contributed by atoms with Gasteiger partial charge in [0.2, 0.25) is 5.91 Å². The number of amides is 2. The molecule has 0 aromatic heterocycles. The van der Waals surface area contributed by atoms with E-state index in [0.717, 1.165) is 17.8 Å². The van der Waals surface area contributed by atoms with Crippen LogP contribution in [0.4, 0.5) is 0 Å². The molecule has 0 radical (unpaired) electrons. The van der Waals surface area contributed by atoms with Crippen LogP contribution >= 0.6 is 23.2 Å². The molecule has 146 valence electrons. The lowest BCUT2D eigenvalue weighted by atomic mass is 9.49. The standard InChI is InChI=1S/C21H26Cl2N2O2/c22-16-1-2-17(18(23)8-16)20(27)25-4-3-24-19(26)12-21-9-13-5-14(10-21)7-15(6-13)11-21/h1-2,8,13-15H,3-7,9-12H2,(H,24,26)(H,25,27). The first-order chi connectivity index (χ1) is 12.9. The van der Waals surface area contributed by atoms with Crippen molar-refractivity contribution in [2.75, 3.05) is 13.1 Å². The van der Waals surface area contributed by atoms with Crippen molar-refractivity contribution in [2.45, 2.75) is 44.9 Å². The van der Waals surface area contributed by atoms with Gasteiger partial charge in [-0.3, -0.25) is 9.59 Å². The van der Waals surface area contributed by atoms with Crippen molar-refractivity contribution in [3.05, 3.63) is 33.8 Å². The fraction of sp³-hybridized carbons (Fsp3) is 0.619. The molecule has 1 aromatic rings. The first-order valence-corrected chi connectivity index (χ1v) is 10.7. The van der Waals surface area contributed by atoms with Crippen molar-refractivity contribution in [1.29, 1.82) is 0 Å². The van der Waals surface area contributed by atoms with Crippen LogP contribution in [-0.4, -0.2) is 24.9 Å². The van der Waals surface area contributed by atoms with Crippen LogP contribution < -0.4 is 10.6 Å². The molecule has 27 heavy (non-hydrogen) atoms. The van der Waals surface area contributed by atoms with Crippen molar-refractivity contribution in [1.82, 2.24) is 10.6 Å². The van der Waals surface area contributed by atoms with Gasteiger partial charge in [0, 0.05) is 24.5 Å². The van der Waals surface area contributed by atoms with Crippen molar-refractivity contribution >= 4 is 35.0 Å². The van der Waals surface area contributed by atoms with Crippen LogP contribution in [0, 0.1) is 23.2 Å². The van der Waals surface area contributed by atoms with Crippen molar-refractivity contribution in [3.63, 3.8) is 0 Å². The van der Waals surface area contributed by atoms with E-state index >= 15 is 0 Å². The summed E-state index contributed by atoms with van der Waals surface area (Å²) in [5.74, 6) is 2.43. The first kappa shape index (κ1) is 19.1. The van der Waals surface area contributed by atoms with Crippen molar-refractivity contribution < 1.29 is 9.59 Å². The van der Waals surface area contributed by atoms with Gasteiger partial charge >= 0.3 is 0 Å². The predicted octanol–water partition coefficient (Wildman–Crippen LogP) is 4.45. The summed E-state index contributed by atoms with van der Waals surface area (Å²) >= 11 is 11.9. The summed E-state index contributed by atoms with van der Waals surface area (Å²) in [5.41, 5.74) is 0.639. The Morgan fingerprint density at radius 3 is 2.15 bits per heavy atom. The number of hydrogen-bond acceptors (Lipinski definition) is 2. The number of hydrogen-bond donors (Lipinski definition) is 2. The lowest BCUT2D eigenvalue weighted by molar-refractivity contribution is -0.129. The summed E-state index contributed by atoms with van der Waals surface area (Å²) in [6.45, 7) is 0.812. The molecular weight excluding hydrogens is 383 g/mol. The second-order valence-corrected chi connectivity index (χ2v) is 9.67. The summed E-state index contributed by atoms with van der Waals surface area (Å²) in [6, 6.07) is 4.78. The van der Waals surface area contributed by atoms with E-state index in [9.17, 15) is 9.59 Å². The van der Waals surface area contributed by atoms with Crippen molar-refractivity contribution in [3.8, 4) is 0 Å². The summed E-state index contributed by atoms with van der Waals surface area (Å²) in [4.78, 5) is 24.6. The third-order valence-corrected chi connectivity index (χ3v) is 7.16. The minimum atomic E-state index is -0.257. The quantitative estimate of drug-likeness (QED) is 0.683. The predicted molar refractivity (Wildman–Crippen MR) is 107 cm³/mol. The zero-order valence-electron chi connectivity index (χ0n) is 15.4. The Morgan fingerprint density at radius 1 is 0.963 bits per heavy atom. The highest BCUT2D eigenvalue weighted by atomic mass is 35.5. The van der Waals surface area contributed by atoms with Crippen LogP contribution in [-0.2, 0) is 4.79 Å². The second kappa shape index (κ2) is 7.63. The number of rotatable bonds is 6. The Labute approximate surface area is 170 Å². The highest BCUT2D eigenvalue weighted by Gasteiger charge is 2.51. The van der Waals surface area contributed by atoms with Gasteiger partial charge in [0.15, 0.2) is 0 Å². The minimum Gasteiger partial charge on any atom is -0.354 e. The molecule has 4 nitrogen and oxygen atoms in total. The Morgan fingerprint density at radius 2 is 1.56 bits per heavy atom. The summed E-state index contributed by atoms with van der Waals surface area (Å²) in [7, 11) is 0. The number of benzene rings is 1.